The number of carbonyl (C=O) groups is 2. The van der Waals surface area contributed by atoms with E-state index < -0.39 is 0 Å². The summed E-state index contributed by atoms with van der Waals surface area (Å²) in [5.41, 5.74) is 1.27. The van der Waals surface area contributed by atoms with Crippen LogP contribution >= 0.6 is 0 Å². The van der Waals surface area contributed by atoms with E-state index in [1.165, 1.54) is 0 Å². The molecule has 0 aliphatic carbocycles. The second-order valence-corrected chi connectivity index (χ2v) is 8.56. The summed E-state index contributed by atoms with van der Waals surface area (Å²) in [6, 6.07) is 0.226. The average molecular weight is 392 g/mol. The van der Waals surface area contributed by atoms with Crippen molar-refractivity contribution >= 4 is 12.0 Å². The lowest BCUT2D eigenvalue weighted by Gasteiger charge is -2.43. The molecule has 0 N–H and O–H groups in total. The van der Waals surface area contributed by atoms with E-state index in [-0.39, 0.29) is 18.0 Å². The molecular weight excluding hydrogens is 358 g/mol. The number of rotatable bonds is 4. The van der Waals surface area contributed by atoms with Gasteiger partial charge in [0.25, 0.3) is 5.91 Å². The van der Waals surface area contributed by atoms with Crippen LogP contribution in [0.5, 0.6) is 0 Å². The van der Waals surface area contributed by atoms with Crippen molar-refractivity contribution in [3.05, 3.63) is 17.0 Å². The number of piperidine rings is 2. The fraction of sp³-hybridized carbons (Fsp3) is 0.762. The molecule has 156 valence electrons. The monoisotopic (exact) mass is 391 g/mol. The van der Waals surface area contributed by atoms with Crippen molar-refractivity contribution in [3.63, 3.8) is 0 Å². The Kier molecular flexibility index (Phi) is 6.62. The summed E-state index contributed by atoms with van der Waals surface area (Å²) in [5.74, 6) is 1.39. The molecule has 2 saturated heterocycles. The van der Waals surface area contributed by atoms with Crippen molar-refractivity contribution in [1.82, 2.24) is 15.0 Å². The maximum absolute atomic E-state index is 13.2. The molecule has 0 saturated carbocycles. The van der Waals surface area contributed by atoms with E-state index in [0.29, 0.717) is 48.5 Å². The van der Waals surface area contributed by atoms with E-state index in [9.17, 15) is 9.59 Å². The predicted octanol–water partition coefficient (Wildman–Crippen LogP) is 3.79. The topological polar surface area (TPSA) is 75.9 Å². The van der Waals surface area contributed by atoms with Gasteiger partial charge in [0.15, 0.2) is 0 Å². The van der Waals surface area contributed by atoms with Crippen molar-refractivity contribution < 1.29 is 18.8 Å². The Morgan fingerprint density at radius 1 is 1.14 bits per heavy atom. The number of aromatic nitrogens is 1. The summed E-state index contributed by atoms with van der Waals surface area (Å²) in [4.78, 5) is 29.3. The van der Waals surface area contributed by atoms with Gasteiger partial charge in [-0.2, -0.15) is 0 Å². The van der Waals surface area contributed by atoms with Crippen LogP contribution in [0.2, 0.25) is 0 Å². The van der Waals surface area contributed by atoms with Crippen LogP contribution in [-0.4, -0.2) is 59.2 Å². The van der Waals surface area contributed by atoms with Gasteiger partial charge in [-0.3, -0.25) is 4.79 Å². The number of ether oxygens (including phenoxy) is 1. The molecule has 0 bridgehead atoms. The molecule has 7 nitrogen and oxygen atoms in total. The molecule has 2 amide bonds. The van der Waals surface area contributed by atoms with Crippen LogP contribution in [0, 0.1) is 25.7 Å². The summed E-state index contributed by atoms with van der Waals surface area (Å²) in [5, 5.41) is 3.95. The van der Waals surface area contributed by atoms with Crippen molar-refractivity contribution in [2.24, 2.45) is 11.8 Å². The van der Waals surface area contributed by atoms with E-state index in [1.54, 1.807) is 6.92 Å². The van der Waals surface area contributed by atoms with E-state index >= 15 is 0 Å². The van der Waals surface area contributed by atoms with E-state index in [2.05, 4.69) is 5.16 Å². The minimum atomic E-state index is -0.209. The molecule has 2 aliphatic rings. The van der Waals surface area contributed by atoms with E-state index in [4.69, 9.17) is 9.26 Å². The minimum absolute atomic E-state index is 0.0414. The van der Waals surface area contributed by atoms with Crippen LogP contribution in [0.1, 0.15) is 67.8 Å². The Morgan fingerprint density at radius 3 is 2.46 bits per heavy atom. The lowest BCUT2D eigenvalue weighted by Crippen LogP contribution is -2.51. The lowest BCUT2D eigenvalue weighted by atomic mass is 9.83. The summed E-state index contributed by atoms with van der Waals surface area (Å²) >= 11 is 0. The molecule has 7 heteroatoms. The molecule has 1 aromatic rings. The highest BCUT2D eigenvalue weighted by atomic mass is 16.6. The van der Waals surface area contributed by atoms with Gasteiger partial charge >= 0.3 is 6.09 Å². The standard InChI is InChI=1S/C21H33N3O4/c1-14(2)13-27-21(26)23-11-8-17(9-12-23)18-7-5-6-10-24(18)20(25)19-15(3)22-28-16(19)4/h14,17-18H,5-13H2,1-4H3. The zero-order valence-corrected chi connectivity index (χ0v) is 17.6. The first kappa shape index (κ1) is 20.7. The molecule has 2 fully saturated rings. The van der Waals surface area contributed by atoms with E-state index in [1.807, 2.05) is 30.6 Å². The van der Waals surface area contributed by atoms with Crippen LogP contribution in [0.25, 0.3) is 0 Å². The SMILES string of the molecule is Cc1noc(C)c1C(=O)N1CCCCC1C1CCN(C(=O)OCC(C)C)CC1. The summed E-state index contributed by atoms with van der Waals surface area (Å²) in [6.07, 6.45) is 4.81. The average Bonchev–Trinajstić information content (AvgIpc) is 3.04. The van der Waals surface area contributed by atoms with Gasteiger partial charge in [-0.05, 0) is 57.8 Å². The maximum Gasteiger partial charge on any atom is 0.409 e. The Bertz CT molecular complexity index is 672. The predicted molar refractivity (Wildman–Crippen MR) is 105 cm³/mol. The van der Waals surface area contributed by atoms with Gasteiger partial charge in [0.2, 0.25) is 0 Å². The number of nitrogens with zero attached hydrogens (tertiary/aromatic N) is 3. The smallest absolute Gasteiger partial charge is 0.409 e. The van der Waals surface area contributed by atoms with Gasteiger partial charge in [0.05, 0.1) is 12.3 Å². The van der Waals surface area contributed by atoms with Gasteiger partial charge < -0.3 is 19.1 Å². The third-order valence-corrected chi connectivity index (χ3v) is 5.94. The number of hydrogen-bond acceptors (Lipinski definition) is 5. The zero-order valence-electron chi connectivity index (χ0n) is 17.6. The van der Waals surface area contributed by atoms with Crippen molar-refractivity contribution in [2.75, 3.05) is 26.2 Å². The fourth-order valence-corrected chi connectivity index (χ4v) is 4.43. The highest BCUT2D eigenvalue weighted by molar-refractivity contribution is 5.96. The Morgan fingerprint density at radius 2 is 1.86 bits per heavy atom. The zero-order chi connectivity index (χ0) is 20.3. The number of amides is 2. The Hall–Kier alpha value is -2.05. The largest absolute Gasteiger partial charge is 0.449 e. The summed E-state index contributed by atoms with van der Waals surface area (Å²) < 4.78 is 10.6. The number of aryl methyl sites for hydroxylation is 2. The molecule has 28 heavy (non-hydrogen) atoms. The van der Waals surface area contributed by atoms with Gasteiger partial charge in [-0.25, -0.2) is 4.79 Å². The Labute approximate surface area is 167 Å². The normalized spacial score (nSPS) is 21.2. The first-order valence-corrected chi connectivity index (χ1v) is 10.5. The van der Waals surface area contributed by atoms with Crippen molar-refractivity contribution in [3.8, 4) is 0 Å². The fourth-order valence-electron chi connectivity index (χ4n) is 4.43. The molecular formula is C21H33N3O4. The number of carbonyl (C=O) groups excluding carboxylic acids is 2. The summed E-state index contributed by atoms with van der Waals surface area (Å²) in [6.45, 7) is 10.3. The molecule has 3 heterocycles. The molecule has 1 unspecified atom stereocenters. The molecule has 0 aromatic carbocycles. The van der Waals surface area contributed by atoms with Gasteiger partial charge in [0.1, 0.15) is 11.3 Å². The third kappa shape index (κ3) is 4.50. The highest BCUT2D eigenvalue weighted by Gasteiger charge is 2.37. The Balaban J connectivity index is 1.62. The van der Waals surface area contributed by atoms with Crippen LogP contribution in [0.4, 0.5) is 4.79 Å². The van der Waals surface area contributed by atoms with Crippen molar-refractivity contribution in [2.45, 2.75) is 65.8 Å². The lowest BCUT2D eigenvalue weighted by molar-refractivity contribution is 0.0358. The minimum Gasteiger partial charge on any atom is -0.449 e. The highest BCUT2D eigenvalue weighted by Crippen LogP contribution is 2.32. The number of hydrogen-bond donors (Lipinski definition) is 0. The molecule has 3 rings (SSSR count). The van der Waals surface area contributed by atoms with Crippen molar-refractivity contribution in [1.29, 1.82) is 0 Å². The first-order valence-electron chi connectivity index (χ1n) is 10.5. The second kappa shape index (κ2) is 8.97. The maximum atomic E-state index is 13.2. The molecule has 1 atom stereocenters. The number of likely N-dealkylation sites (tertiary alicyclic amines) is 2. The molecule has 2 aliphatic heterocycles. The second-order valence-electron chi connectivity index (χ2n) is 8.56. The van der Waals surface area contributed by atoms with E-state index in [0.717, 1.165) is 38.6 Å². The van der Waals surface area contributed by atoms with Crippen LogP contribution in [0.15, 0.2) is 4.52 Å². The van der Waals surface area contributed by atoms with Crippen LogP contribution in [0.3, 0.4) is 0 Å². The molecule has 1 aromatic heterocycles. The molecule has 0 spiro atoms. The summed E-state index contributed by atoms with van der Waals surface area (Å²) in [7, 11) is 0. The van der Waals surface area contributed by atoms with Crippen LogP contribution in [-0.2, 0) is 4.74 Å². The van der Waals surface area contributed by atoms with Gasteiger partial charge in [0, 0.05) is 25.7 Å². The first-order chi connectivity index (χ1) is 13.4. The third-order valence-electron chi connectivity index (χ3n) is 5.94. The van der Waals surface area contributed by atoms with Crippen LogP contribution < -0.4 is 0 Å². The molecule has 0 radical (unpaired) electrons. The van der Waals surface area contributed by atoms with Gasteiger partial charge in [-0.15, -0.1) is 0 Å². The quantitative estimate of drug-likeness (QED) is 0.780. The van der Waals surface area contributed by atoms with Gasteiger partial charge in [-0.1, -0.05) is 19.0 Å².